The van der Waals surface area contributed by atoms with E-state index in [1.807, 2.05) is 36.5 Å². The Hall–Kier alpha value is -3.32. The van der Waals surface area contributed by atoms with Gasteiger partial charge < -0.3 is 15.0 Å². The molecule has 3 aromatic rings. The number of hydrogen-bond donors (Lipinski definition) is 1. The predicted octanol–water partition coefficient (Wildman–Crippen LogP) is 4.03. The third-order valence-corrected chi connectivity index (χ3v) is 5.66. The molecule has 0 radical (unpaired) electrons. The maximum Gasteiger partial charge on any atom is 0.257 e. The Morgan fingerprint density at radius 3 is 2.65 bits per heavy atom. The van der Waals surface area contributed by atoms with Crippen LogP contribution in [0.25, 0.3) is 5.69 Å². The smallest absolute Gasteiger partial charge is 0.257 e. The van der Waals surface area contributed by atoms with Gasteiger partial charge in [0.15, 0.2) is 0 Å². The standard InChI is InChI=1S/C23H23ClN4O3/c1-31-21-7-6-17(24)14-20(21)23(30)27-12-8-16(9-13-27)22(29)26-18-4-2-5-19(15-18)28-11-3-10-25-28/h2-7,10-11,14-16H,8-9,12-13H2,1H3,(H,26,29). The molecule has 2 heterocycles. The average molecular weight is 439 g/mol. The molecular formula is C23H23ClN4O3. The van der Waals surface area contributed by atoms with Crippen LogP contribution in [0.3, 0.4) is 0 Å². The van der Waals surface area contributed by atoms with E-state index in [4.69, 9.17) is 16.3 Å². The van der Waals surface area contributed by atoms with Gasteiger partial charge in [0.25, 0.3) is 5.91 Å². The fraction of sp³-hybridized carbons (Fsp3) is 0.261. The van der Waals surface area contributed by atoms with Crippen molar-refractivity contribution in [2.24, 2.45) is 5.92 Å². The predicted molar refractivity (Wildman–Crippen MR) is 119 cm³/mol. The van der Waals surface area contributed by atoms with Gasteiger partial charge in [0.2, 0.25) is 5.91 Å². The lowest BCUT2D eigenvalue weighted by Gasteiger charge is -2.31. The SMILES string of the molecule is COc1ccc(Cl)cc1C(=O)N1CCC(C(=O)Nc2cccc(-n3cccn3)c2)CC1. The minimum atomic E-state index is -0.154. The number of halogens is 1. The number of aromatic nitrogens is 2. The van der Waals surface area contributed by atoms with Crippen LogP contribution in [0.5, 0.6) is 5.75 Å². The largest absolute Gasteiger partial charge is 0.496 e. The zero-order valence-electron chi connectivity index (χ0n) is 17.1. The minimum Gasteiger partial charge on any atom is -0.496 e. The molecule has 7 nitrogen and oxygen atoms in total. The number of nitrogens with zero attached hydrogens (tertiary/aromatic N) is 3. The molecule has 1 aromatic heterocycles. The van der Waals surface area contributed by atoms with Crippen LogP contribution in [0.1, 0.15) is 23.2 Å². The first-order valence-corrected chi connectivity index (χ1v) is 10.5. The normalized spacial score (nSPS) is 14.3. The second-order valence-corrected chi connectivity index (χ2v) is 7.84. The van der Waals surface area contributed by atoms with Gasteiger partial charge in [0.05, 0.1) is 18.4 Å². The summed E-state index contributed by atoms with van der Waals surface area (Å²) in [5.74, 6) is 0.167. The van der Waals surface area contributed by atoms with Crippen LogP contribution >= 0.6 is 11.6 Å². The van der Waals surface area contributed by atoms with Gasteiger partial charge in [-0.3, -0.25) is 9.59 Å². The fourth-order valence-electron chi connectivity index (χ4n) is 3.75. The molecule has 2 aromatic carbocycles. The summed E-state index contributed by atoms with van der Waals surface area (Å²) >= 11 is 6.06. The Balaban J connectivity index is 1.37. The molecule has 1 aliphatic heterocycles. The summed E-state index contributed by atoms with van der Waals surface area (Å²) in [6, 6.07) is 14.4. The van der Waals surface area contributed by atoms with Crippen LogP contribution in [0.15, 0.2) is 60.9 Å². The molecule has 1 fully saturated rings. The number of methoxy groups -OCH3 is 1. The molecule has 0 unspecified atom stereocenters. The fourth-order valence-corrected chi connectivity index (χ4v) is 3.93. The van der Waals surface area contributed by atoms with Crippen LogP contribution in [0.4, 0.5) is 5.69 Å². The van der Waals surface area contributed by atoms with E-state index < -0.39 is 0 Å². The summed E-state index contributed by atoms with van der Waals surface area (Å²) in [5.41, 5.74) is 2.03. The first kappa shape index (κ1) is 20.9. The number of amides is 2. The van der Waals surface area contributed by atoms with Crippen molar-refractivity contribution in [3.8, 4) is 11.4 Å². The maximum atomic E-state index is 12.9. The lowest BCUT2D eigenvalue weighted by atomic mass is 9.95. The Kier molecular flexibility index (Phi) is 6.23. The number of anilines is 1. The molecule has 0 atom stereocenters. The number of rotatable bonds is 5. The molecule has 0 saturated carbocycles. The van der Waals surface area contributed by atoms with Crippen molar-refractivity contribution in [1.82, 2.24) is 14.7 Å². The summed E-state index contributed by atoms with van der Waals surface area (Å²) < 4.78 is 7.04. The molecule has 1 aliphatic rings. The van der Waals surface area contributed by atoms with Crippen molar-refractivity contribution in [2.75, 3.05) is 25.5 Å². The number of carbonyl (C=O) groups excluding carboxylic acids is 2. The number of benzene rings is 2. The lowest BCUT2D eigenvalue weighted by Crippen LogP contribution is -2.41. The van der Waals surface area contributed by atoms with Crippen molar-refractivity contribution < 1.29 is 14.3 Å². The van der Waals surface area contributed by atoms with E-state index >= 15 is 0 Å². The summed E-state index contributed by atoms with van der Waals surface area (Å²) in [4.78, 5) is 27.5. The number of hydrogen-bond acceptors (Lipinski definition) is 4. The molecule has 4 rings (SSSR count). The highest BCUT2D eigenvalue weighted by atomic mass is 35.5. The van der Waals surface area contributed by atoms with Crippen LogP contribution in [-0.2, 0) is 4.79 Å². The maximum absolute atomic E-state index is 12.9. The topological polar surface area (TPSA) is 76.5 Å². The first-order valence-electron chi connectivity index (χ1n) is 10.1. The van der Waals surface area contributed by atoms with Crippen LogP contribution < -0.4 is 10.1 Å². The summed E-state index contributed by atoms with van der Waals surface area (Å²) in [7, 11) is 1.53. The van der Waals surface area contributed by atoms with Crippen molar-refractivity contribution in [3.05, 3.63) is 71.5 Å². The average Bonchev–Trinajstić information content (AvgIpc) is 3.34. The van der Waals surface area contributed by atoms with Crippen molar-refractivity contribution >= 4 is 29.1 Å². The molecule has 0 spiro atoms. The number of carbonyl (C=O) groups is 2. The lowest BCUT2D eigenvalue weighted by molar-refractivity contribution is -0.121. The van der Waals surface area contributed by atoms with Crippen molar-refractivity contribution in [3.63, 3.8) is 0 Å². The quantitative estimate of drug-likeness (QED) is 0.652. The van der Waals surface area contributed by atoms with E-state index in [0.29, 0.717) is 42.3 Å². The minimum absolute atomic E-state index is 0.0370. The van der Waals surface area contributed by atoms with E-state index in [-0.39, 0.29) is 17.7 Å². The van der Waals surface area contributed by atoms with Crippen molar-refractivity contribution in [1.29, 1.82) is 0 Å². The number of likely N-dealkylation sites (tertiary alicyclic amines) is 1. The molecule has 1 N–H and O–H groups in total. The molecule has 1 saturated heterocycles. The van der Waals surface area contributed by atoms with Gasteiger partial charge in [0.1, 0.15) is 5.75 Å². The van der Waals surface area contributed by atoms with E-state index in [2.05, 4.69) is 10.4 Å². The van der Waals surface area contributed by atoms with E-state index in [1.165, 1.54) is 7.11 Å². The highest BCUT2D eigenvalue weighted by molar-refractivity contribution is 6.31. The van der Waals surface area contributed by atoms with Gasteiger partial charge >= 0.3 is 0 Å². The number of nitrogens with one attached hydrogen (secondary N) is 1. The van der Waals surface area contributed by atoms with Gasteiger partial charge in [-0.2, -0.15) is 5.10 Å². The van der Waals surface area contributed by atoms with Crippen molar-refractivity contribution in [2.45, 2.75) is 12.8 Å². The Bertz CT molecular complexity index is 1080. The Morgan fingerprint density at radius 2 is 1.94 bits per heavy atom. The van der Waals surface area contributed by atoms with Gasteiger partial charge in [-0.15, -0.1) is 0 Å². The van der Waals surface area contributed by atoms with Crippen LogP contribution in [0.2, 0.25) is 5.02 Å². The van der Waals surface area contributed by atoms with Gasteiger partial charge in [0, 0.05) is 42.1 Å². The van der Waals surface area contributed by atoms with Gasteiger partial charge in [-0.25, -0.2) is 4.68 Å². The van der Waals surface area contributed by atoms with Gasteiger partial charge in [-0.05, 0) is 55.3 Å². The Labute approximate surface area is 185 Å². The molecule has 160 valence electrons. The highest BCUT2D eigenvalue weighted by Crippen LogP contribution is 2.27. The third kappa shape index (κ3) is 4.72. The zero-order valence-corrected chi connectivity index (χ0v) is 17.9. The molecule has 2 amide bonds. The van der Waals surface area contributed by atoms with Gasteiger partial charge in [-0.1, -0.05) is 17.7 Å². The summed E-state index contributed by atoms with van der Waals surface area (Å²) in [6.45, 7) is 1.000. The van der Waals surface area contributed by atoms with Crippen LogP contribution in [0, 0.1) is 5.92 Å². The third-order valence-electron chi connectivity index (χ3n) is 5.43. The summed E-state index contributed by atoms with van der Waals surface area (Å²) in [6.07, 6.45) is 4.75. The van der Waals surface area contributed by atoms with E-state index in [9.17, 15) is 9.59 Å². The number of ether oxygens (including phenoxy) is 1. The molecule has 8 heteroatoms. The first-order chi connectivity index (χ1) is 15.0. The second-order valence-electron chi connectivity index (χ2n) is 7.40. The van der Waals surface area contributed by atoms with Crippen LogP contribution in [-0.4, -0.2) is 46.7 Å². The number of piperidine rings is 1. The molecule has 0 bridgehead atoms. The molecular weight excluding hydrogens is 416 g/mol. The molecule has 31 heavy (non-hydrogen) atoms. The van der Waals surface area contributed by atoms with E-state index in [0.717, 1.165) is 11.4 Å². The monoisotopic (exact) mass is 438 g/mol. The second kappa shape index (κ2) is 9.22. The summed E-state index contributed by atoms with van der Waals surface area (Å²) in [5, 5.41) is 7.69. The highest BCUT2D eigenvalue weighted by Gasteiger charge is 2.29. The molecule has 0 aliphatic carbocycles. The Morgan fingerprint density at radius 1 is 1.13 bits per heavy atom. The zero-order chi connectivity index (χ0) is 21.8. The van der Waals surface area contributed by atoms with E-state index in [1.54, 1.807) is 34.0 Å².